The summed E-state index contributed by atoms with van der Waals surface area (Å²) in [6, 6.07) is 24.2. The zero-order chi connectivity index (χ0) is 35.7. The molecule has 9 nitrogen and oxygen atoms in total. The van der Waals surface area contributed by atoms with E-state index in [2.05, 4.69) is 5.32 Å². The SMILES string of the molecule is COc1ccc(S(=O)(=O)N(CC(=O)N(Cc2ccc(F)cc2)[C@@H](Cc2ccccc2)C(=O)NC2CCCCC2)c2ccc(Cl)cc2)cc1OC. The van der Waals surface area contributed by atoms with E-state index >= 15 is 0 Å². The van der Waals surface area contributed by atoms with Crippen molar-refractivity contribution < 1.29 is 31.9 Å². The standard InChI is InChI=1S/C38H41ClFN3O6S/c1-48-35-22-21-33(24-36(35)49-2)50(46,47)43(32-19-15-29(39)16-20-32)26-37(44)42(25-28-13-17-30(40)18-14-28)34(23-27-9-5-3-6-10-27)38(45)41-31-11-7-4-8-12-31/h3,5-6,9-10,13-22,24,31,34H,4,7-8,11-12,23,25-26H2,1-2H3,(H,41,45)/t34-/m0/s1. The minimum atomic E-state index is -4.40. The van der Waals surface area contributed by atoms with Crippen molar-refractivity contribution in [3.05, 3.63) is 119 Å². The molecule has 1 atom stereocenters. The minimum absolute atomic E-state index is 0.0340. The van der Waals surface area contributed by atoms with Gasteiger partial charge in [0.2, 0.25) is 11.8 Å². The Bertz CT molecular complexity index is 1850. The van der Waals surface area contributed by atoms with E-state index in [0.29, 0.717) is 16.3 Å². The normalized spacial score (nSPS) is 14.0. The summed E-state index contributed by atoms with van der Waals surface area (Å²) < 4.78 is 54.4. The van der Waals surface area contributed by atoms with Gasteiger partial charge in [-0.15, -0.1) is 0 Å². The first-order valence-electron chi connectivity index (χ1n) is 16.5. The van der Waals surface area contributed by atoms with Gasteiger partial charge in [-0.2, -0.15) is 0 Å². The number of sulfonamides is 1. The van der Waals surface area contributed by atoms with E-state index in [1.54, 1.807) is 12.1 Å². The van der Waals surface area contributed by atoms with E-state index in [1.807, 2.05) is 30.3 Å². The van der Waals surface area contributed by atoms with Gasteiger partial charge < -0.3 is 19.7 Å². The summed E-state index contributed by atoms with van der Waals surface area (Å²) in [5, 5.41) is 3.55. The van der Waals surface area contributed by atoms with E-state index in [1.165, 1.54) is 73.7 Å². The Morgan fingerprint density at radius 3 is 2.16 bits per heavy atom. The molecule has 0 aliphatic heterocycles. The number of rotatable bonds is 14. The molecule has 1 aliphatic carbocycles. The zero-order valence-electron chi connectivity index (χ0n) is 28.1. The Balaban J connectivity index is 1.57. The second kappa shape index (κ2) is 16.9. The Labute approximate surface area is 298 Å². The van der Waals surface area contributed by atoms with Crippen LogP contribution in [0.2, 0.25) is 5.02 Å². The van der Waals surface area contributed by atoms with Gasteiger partial charge in [0.05, 0.1) is 24.8 Å². The number of nitrogens with zero attached hydrogens (tertiary/aromatic N) is 2. The van der Waals surface area contributed by atoms with Crippen LogP contribution in [-0.4, -0.2) is 58.0 Å². The summed E-state index contributed by atoms with van der Waals surface area (Å²) >= 11 is 6.17. The number of anilines is 1. The lowest BCUT2D eigenvalue weighted by Crippen LogP contribution is -2.55. The molecule has 1 fully saturated rings. The van der Waals surface area contributed by atoms with Crippen LogP contribution in [0.15, 0.2) is 102 Å². The van der Waals surface area contributed by atoms with Gasteiger partial charge in [-0.25, -0.2) is 12.8 Å². The van der Waals surface area contributed by atoms with Gasteiger partial charge in [0.1, 0.15) is 18.4 Å². The number of ether oxygens (including phenoxy) is 2. The van der Waals surface area contributed by atoms with Crippen LogP contribution in [-0.2, 0) is 32.6 Å². The quantitative estimate of drug-likeness (QED) is 0.154. The highest BCUT2D eigenvalue weighted by Crippen LogP contribution is 2.33. The van der Waals surface area contributed by atoms with Gasteiger partial charge in [0, 0.05) is 30.1 Å². The molecule has 0 bridgehead atoms. The van der Waals surface area contributed by atoms with Crippen molar-refractivity contribution in [1.29, 1.82) is 0 Å². The average molecular weight is 722 g/mol. The summed E-state index contributed by atoms with van der Waals surface area (Å²) in [7, 11) is -1.56. The van der Waals surface area contributed by atoms with Gasteiger partial charge in [-0.05, 0) is 72.5 Å². The molecule has 50 heavy (non-hydrogen) atoms. The fraction of sp³-hybridized carbons (Fsp3) is 0.316. The smallest absolute Gasteiger partial charge is 0.264 e. The third-order valence-corrected chi connectivity index (χ3v) is 10.8. The third-order valence-electron chi connectivity index (χ3n) is 8.83. The van der Waals surface area contributed by atoms with Crippen molar-refractivity contribution in [3.63, 3.8) is 0 Å². The summed E-state index contributed by atoms with van der Waals surface area (Å²) in [4.78, 5) is 30.2. The highest BCUT2D eigenvalue weighted by Gasteiger charge is 2.35. The monoisotopic (exact) mass is 721 g/mol. The molecule has 4 aromatic rings. The van der Waals surface area contributed by atoms with Crippen LogP contribution in [0.1, 0.15) is 43.2 Å². The van der Waals surface area contributed by atoms with Crippen molar-refractivity contribution >= 4 is 39.1 Å². The van der Waals surface area contributed by atoms with Gasteiger partial charge in [-0.3, -0.25) is 13.9 Å². The Morgan fingerprint density at radius 1 is 0.860 bits per heavy atom. The van der Waals surface area contributed by atoms with Crippen molar-refractivity contribution in [3.8, 4) is 11.5 Å². The number of hydrogen-bond donors (Lipinski definition) is 1. The second-order valence-electron chi connectivity index (χ2n) is 12.2. The summed E-state index contributed by atoms with van der Waals surface area (Å²) in [5.41, 5.74) is 1.58. The number of amides is 2. The van der Waals surface area contributed by atoms with Gasteiger partial charge in [0.25, 0.3) is 10.0 Å². The van der Waals surface area contributed by atoms with Gasteiger partial charge in [0.15, 0.2) is 11.5 Å². The number of nitrogens with one attached hydrogen (secondary N) is 1. The number of methoxy groups -OCH3 is 2. The van der Waals surface area contributed by atoms with Crippen LogP contribution in [0.3, 0.4) is 0 Å². The van der Waals surface area contributed by atoms with E-state index < -0.39 is 34.3 Å². The maximum atomic E-state index is 14.7. The Morgan fingerprint density at radius 2 is 1.52 bits per heavy atom. The predicted octanol–water partition coefficient (Wildman–Crippen LogP) is 6.78. The topological polar surface area (TPSA) is 105 Å². The van der Waals surface area contributed by atoms with Crippen molar-refractivity contribution in [1.82, 2.24) is 10.2 Å². The largest absolute Gasteiger partial charge is 0.493 e. The first-order chi connectivity index (χ1) is 24.1. The molecule has 12 heteroatoms. The molecule has 0 radical (unpaired) electrons. The van der Waals surface area contributed by atoms with E-state index in [9.17, 15) is 22.4 Å². The van der Waals surface area contributed by atoms with Crippen molar-refractivity contribution in [2.75, 3.05) is 25.1 Å². The first-order valence-corrected chi connectivity index (χ1v) is 18.3. The lowest BCUT2D eigenvalue weighted by Gasteiger charge is -2.35. The van der Waals surface area contributed by atoms with Crippen molar-refractivity contribution in [2.45, 2.75) is 62.0 Å². The molecule has 264 valence electrons. The highest BCUT2D eigenvalue weighted by atomic mass is 35.5. The maximum Gasteiger partial charge on any atom is 0.264 e. The fourth-order valence-electron chi connectivity index (χ4n) is 6.13. The molecule has 4 aromatic carbocycles. The molecule has 0 spiro atoms. The Kier molecular flexibility index (Phi) is 12.4. The third kappa shape index (κ3) is 9.13. The van der Waals surface area contributed by atoms with Crippen LogP contribution in [0, 0.1) is 5.82 Å². The molecular weight excluding hydrogens is 681 g/mol. The van der Waals surface area contributed by atoms with Crippen LogP contribution in [0.4, 0.5) is 10.1 Å². The molecule has 0 aromatic heterocycles. The van der Waals surface area contributed by atoms with Crippen LogP contribution >= 0.6 is 11.6 Å². The summed E-state index contributed by atoms with van der Waals surface area (Å²) in [6.07, 6.45) is 4.94. The van der Waals surface area contributed by atoms with E-state index in [4.69, 9.17) is 21.1 Å². The molecule has 1 aliphatic rings. The Hall–Kier alpha value is -4.61. The second-order valence-corrected chi connectivity index (χ2v) is 14.5. The molecule has 2 amide bonds. The lowest BCUT2D eigenvalue weighted by atomic mass is 9.94. The average Bonchev–Trinajstić information content (AvgIpc) is 3.13. The van der Waals surface area contributed by atoms with Crippen LogP contribution in [0.25, 0.3) is 0 Å². The number of carbonyl (C=O) groups is 2. The number of halogens is 2. The van der Waals surface area contributed by atoms with Crippen LogP contribution < -0.4 is 19.1 Å². The molecule has 1 saturated carbocycles. The number of carbonyl (C=O) groups excluding carboxylic acids is 2. The maximum absolute atomic E-state index is 14.7. The van der Waals surface area contributed by atoms with E-state index in [0.717, 1.165) is 42.0 Å². The molecule has 0 heterocycles. The number of benzene rings is 4. The molecule has 0 unspecified atom stereocenters. The zero-order valence-corrected chi connectivity index (χ0v) is 29.6. The summed E-state index contributed by atoms with van der Waals surface area (Å²) in [5.74, 6) is -0.891. The molecule has 1 N–H and O–H groups in total. The number of hydrogen-bond acceptors (Lipinski definition) is 6. The van der Waals surface area contributed by atoms with Gasteiger partial charge >= 0.3 is 0 Å². The predicted molar refractivity (Wildman–Crippen MR) is 191 cm³/mol. The highest BCUT2D eigenvalue weighted by molar-refractivity contribution is 7.92. The molecular formula is C38H41ClFN3O6S. The minimum Gasteiger partial charge on any atom is -0.493 e. The molecule has 5 rings (SSSR count). The van der Waals surface area contributed by atoms with Gasteiger partial charge in [-0.1, -0.05) is 73.3 Å². The fourth-order valence-corrected chi connectivity index (χ4v) is 7.68. The van der Waals surface area contributed by atoms with Crippen molar-refractivity contribution in [2.24, 2.45) is 0 Å². The van der Waals surface area contributed by atoms with E-state index in [-0.39, 0.29) is 41.2 Å². The lowest BCUT2D eigenvalue weighted by molar-refractivity contribution is -0.140. The van der Waals surface area contributed by atoms with Crippen LogP contribution in [0.5, 0.6) is 11.5 Å². The summed E-state index contributed by atoms with van der Waals surface area (Å²) in [6.45, 7) is -0.721. The first kappa shape index (κ1) is 36.7. The molecule has 0 saturated heterocycles.